The van der Waals surface area contributed by atoms with Gasteiger partial charge in [0.25, 0.3) is 0 Å². The fourth-order valence-electron chi connectivity index (χ4n) is 1.59. The number of aryl methyl sites for hydroxylation is 1. The van der Waals surface area contributed by atoms with Crippen LogP contribution in [-0.2, 0) is 6.54 Å². The van der Waals surface area contributed by atoms with Gasteiger partial charge in [-0.1, -0.05) is 19.8 Å². The average molecular weight is 209 g/mol. The van der Waals surface area contributed by atoms with Crippen molar-refractivity contribution in [2.75, 3.05) is 13.1 Å². The highest BCUT2D eigenvalue weighted by Gasteiger charge is 1.91. The van der Waals surface area contributed by atoms with Crippen molar-refractivity contribution in [1.82, 2.24) is 14.9 Å². The number of nitrogens with one attached hydrogen (secondary N) is 1. The number of unbranched alkanes of at least 4 members (excludes halogenated alkanes) is 3. The molecule has 0 aromatic carbocycles. The number of nitrogens with zero attached hydrogens (tertiary/aromatic N) is 2. The lowest BCUT2D eigenvalue weighted by Gasteiger charge is -2.04. The Labute approximate surface area is 92.9 Å². The van der Waals surface area contributed by atoms with E-state index in [0.29, 0.717) is 0 Å². The molecular formula is C12H23N3. The molecule has 1 aromatic rings. The number of rotatable bonds is 9. The van der Waals surface area contributed by atoms with Gasteiger partial charge < -0.3 is 9.88 Å². The maximum atomic E-state index is 4.02. The van der Waals surface area contributed by atoms with Crippen LogP contribution >= 0.6 is 0 Å². The van der Waals surface area contributed by atoms with Crippen LogP contribution in [-0.4, -0.2) is 22.6 Å². The quantitative estimate of drug-likeness (QED) is 0.633. The molecule has 1 heterocycles. The van der Waals surface area contributed by atoms with Gasteiger partial charge in [-0.25, -0.2) is 4.98 Å². The molecule has 0 radical (unpaired) electrons. The van der Waals surface area contributed by atoms with E-state index in [4.69, 9.17) is 0 Å². The van der Waals surface area contributed by atoms with Gasteiger partial charge in [0, 0.05) is 18.9 Å². The van der Waals surface area contributed by atoms with E-state index in [1.54, 1.807) is 0 Å². The van der Waals surface area contributed by atoms with Crippen LogP contribution in [0.1, 0.15) is 39.0 Å². The van der Waals surface area contributed by atoms with E-state index in [1.807, 2.05) is 18.7 Å². The summed E-state index contributed by atoms with van der Waals surface area (Å²) < 4.78 is 2.14. The lowest BCUT2D eigenvalue weighted by molar-refractivity contribution is 0.553. The van der Waals surface area contributed by atoms with Crippen LogP contribution in [0.5, 0.6) is 0 Å². The Balaban J connectivity index is 1.81. The minimum absolute atomic E-state index is 1.09. The predicted molar refractivity (Wildman–Crippen MR) is 63.9 cm³/mol. The second-order valence-electron chi connectivity index (χ2n) is 3.96. The fraction of sp³-hybridized carbons (Fsp3) is 0.750. The van der Waals surface area contributed by atoms with Crippen LogP contribution in [0.2, 0.25) is 0 Å². The SMILES string of the molecule is CCCCCNCCCCn1ccnc1. The minimum Gasteiger partial charge on any atom is -0.337 e. The fourth-order valence-corrected chi connectivity index (χ4v) is 1.59. The number of hydrogen-bond donors (Lipinski definition) is 1. The van der Waals surface area contributed by atoms with Crippen LogP contribution in [0.25, 0.3) is 0 Å². The Morgan fingerprint density at radius 2 is 1.93 bits per heavy atom. The van der Waals surface area contributed by atoms with Gasteiger partial charge >= 0.3 is 0 Å². The largest absolute Gasteiger partial charge is 0.337 e. The third-order valence-corrected chi connectivity index (χ3v) is 2.54. The molecule has 0 spiro atoms. The summed E-state index contributed by atoms with van der Waals surface area (Å²) in [6, 6.07) is 0. The van der Waals surface area contributed by atoms with Crippen LogP contribution in [0, 0.1) is 0 Å². The van der Waals surface area contributed by atoms with E-state index in [0.717, 1.165) is 13.1 Å². The van der Waals surface area contributed by atoms with Crippen LogP contribution in [0.15, 0.2) is 18.7 Å². The Morgan fingerprint density at radius 3 is 2.60 bits per heavy atom. The van der Waals surface area contributed by atoms with Gasteiger partial charge in [0.2, 0.25) is 0 Å². The molecule has 0 aliphatic carbocycles. The second kappa shape index (κ2) is 8.48. The highest BCUT2D eigenvalue weighted by atomic mass is 15.0. The van der Waals surface area contributed by atoms with Gasteiger partial charge in [-0.05, 0) is 32.4 Å². The zero-order chi connectivity index (χ0) is 10.8. The Bertz CT molecular complexity index is 219. The standard InChI is InChI=1S/C12H23N3/c1-2-3-4-7-13-8-5-6-10-15-11-9-14-12-15/h9,11-13H,2-8,10H2,1H3. The molecule has 15 heavy (non-hydrogen) atoms. The van der Waals surface area contributed by atoms with Gasteiger partial charge in [-0.3, -0.25) is 0 Å². The first-order valence-corrected chi connectivity index (χ1v) is 6.10. The number of aromatic nitrogens is 2. The van der Waals surface area contributed by atoms with Crippen molar-refractivity contribution in [3.05, 3.63) is 18.7 Å². The molecule has 0 fully saturated rings. The lowest BCUT2D eigenvalue weighted by atomic mass is 10.2. The zero-order valence-corrected chi connectivity index (χ0v) is 9.78. The maximum absolute atomic E-state index is 4.02. The molecule has 3 heteroatoms. The molecule has 0 bridgehead atoms. The van der Waals surface area contributed by atoms with Gasteiger partial charge in [0.1, 0.15) is 0 Å². The summed E-state index contributed by atoms with van der Waals surface area (Å²) in [5.74, 6) is 0. The van der Waals surface area contributed by atoms with E-state index in [-0.39, 0.29) is 0 Å². The van der Waals surface area contributed by atoms with Crippen molar-refractivity contribution in [3.63, 3.8) is 0 Å². The molecule has 0 saturated heterocycles. The van der Waals surface area contributed by atoms with Crippen molar-refractivity contribution in [2.45, 2.75) is 45.6 Å². The maximum Gasteiger partial charge on any atom is 0.0945 e. The van der Waals surface area contributed by atoms with Crippen molar-refractivity contribution in [2.24, 2.45) is 0 Å². The minimum atomic E-state index is 1.09. The van der Waals surface area contributed by atoms with Crippen molar-refractivity contribution in [1.29, 1.82) is 0 Å². The third kappa shape index (κ3) is 6.28. The molecule has 1 N–H and O–H groups in total. The van der Waals surface area contributed by atoms with Crippen LogP contribution in [0.3, 0.4) is 0 Å². The molecule has 0 saturated carbocycles. The summed E-state index contributed by atoms with van der Waals surface area (Å²) in [5, 5.41) is 3.48. The topological polar surface area (TPSA) is 29.9 Å². The van der Waals surface area contributed by atoms with Crippen LogP contribution < -0.4 is 5.32 Å². The monoisotopic (exact) mass is 209 g/mol. The third-order valence-electron chi connectivity index (χ3n) is 2.54. The van der Waals surface area contributed by atoms with E-state index in [2.05, 4.69) is 21.8 Å². The molecule has 0 unspecified atom stereocenters. The van der Waals surface area contributed by atoms with Crippen molar-refractivity contribution >= 4 is 0 Å². The molecule has 0 amide bonds. The molecule has 0 aliphatic heterocycles. The average Bonchev–Trinajstić information content (AvgIpc) is 2.75. The molecule has 0 aliphatic rings. The summed E-state index contributed by atoms with van der Waals surface area (Å²) in [5.41, 5.74) is 0. The first-order chi connectivity index (χ1) is 7.43. The van der Waals surface area contributed by atoms with E-state index >= 15 is 0 Å². The smallest absolute Gasteiger partial charge is 0.0945 e. The Hall–Kier alpha value is -0.830. The summed E-state index contributed by atoms with van der Waals surface area (Å²) in [6.45, 7) is 5.67. The first-order valence-electron chi connectivity index (χ1n) is 6.10. The molecule has 1 rings (SSSR count). The Kier molecular flexibility index (Phi) is 6.92. The zero-order valence-electron chi connectivity index (χ0n) is 9.78. The molecule has 0 atom stereocenters. The summed E-state index contributed by atoms with van der Waals surface area (Å²) in [6.07, 6.45) is 12.2. The van der Waals surface area contributed by atoms with Crippen molar-refractivity contribution in [3.8, 4) is 0 Å². The second-order valence-corrected chi connectivity index (χ2v) is 3.96. The summed E-state index contributed by atoms with van der Waals surface area (Å²) in [7, 11) is 0. The first kappa shape index (κ1) is 12.2. The van der Waals surface area contributed by atoms with E-state index < -0.39 is 0 Å². The van der Waals surface area contributed by atoms with Gasteiger partial charge in [0.15, 0.2) is 0 Å². The van der Waals surface area contributed by atoms with Gasteiger partial charge in [0.05, 0.1) is 6.33 Å². The lowest BCUT2D eigenvalue weighted by Crippen LogP contribution is -2.16. The van der Waals surface area contributed by atoms with E-state index in [1.165, 1.54) is 38.6 Å². The summed E-state index contributed by atoms with van der Waals surface area (Å²) >= 11 is 0. The highest BCUT2D eigenvalue weighted by molar-refractivity contribution is 4.73. The van der Waals surface area contributed by atoms with E-state index in [9.17, 15) is 0 Å². The molecule has 3 nitrogen and oxygen atoms in total. The van der Waals surface area contributed by atoms with Gasteiger partial charge in [-0.2, -0.15) is 0 Å². The van der Waals surface area contributed by atoms with Crippen LogP contribution in [0.4, 0.5) is 0 Å². The molecule has 1 aromatic heterocycles. The van der Waals surface area contributed by atoms with Crippen molar-refractivity contribution < 1.29 is 0 Å². The number of imidazole rings is 1. The molecule has 86 valence electrons. The normalized spacial score (nSPS) is 10.7. The number of hydrogen-bond acceptors (Lipinski definition) is 2. The molecular weight excluding hydrogens is 186 g/mol. The Morgan fingerprint density at radius 1 is 1.13 bits per heavy atom. The highest BCUT2D eigenvalue weighted by Crippen LogP contribution is 1.95. The van der Waals surface area contributed by atoms with Gasteiger partial charge in [-0.15, -0.1) is 0 Å². The summed E-state index contributed by atoms with van der Waals surface area (Å²) in [4.78, 5) is 4.02. The predicted octanol–water partition coefficient (Wildman–Crippen LogP) is 2.44.